The molecular weight excluding hydrogens is 327 g/mol. The second kappa shape index (κ2) is 5.95. The lowest BCUT2D eigenvalue weighted by Gasteiger charge is -2.11. The fourth-order valence-electron chi connectivity index (χ4n) is 2.54. The highest BCUT2D eigenvalue weighted by atomic mass is 19.1. The van der Waals surface area contributed by atoms with Crippen molar-refractivity contribution in [2.75, 3.05) is 0 Å². The van der Waals surface area contributed by atoms with Gasteiger partial charge in [-0.05, 0) is 30.3 Å². The topological polar surface area (TPSA) is 72.6 Å². The van der Waals surface area contributed by atoms with Gasteiger partial charge in [0, 0.05) is 5.56 Å². The molecule has 0 unspecified atom stereocenters. The molecule has 1 aromatic heterocycles. The Morgan fingerprint density at radius 2 is 1.76 bits per heavy atom. The number of oxazole rings is 1. The van der Waals surface area contributed by atoms with E-state index in [1.807, 2.05) is 0 Å². The number of aromatic nitrogens is 1. The van der Waals surface area contributed by atoms with E-state index in [9.17, 15) is 14.0 Å². The lowest BCUT2D eigenvalue weighted by Crippen LogP contribution is -2.29. The van der Waals surface area contributed by atoms with Crippen LogP contribution in [0.5, 0.6) is 0 Å². The molecule has 6 nitrogen and oxygen atoms in total. The van der Waals surface area contributed by atoms with Crippen LogP contribution in [0.15, 0.2) is 59.2 Å². The van der Waals surface area contributed by atoms with Crippen LogP contribution in [-0.4, -0.2) is 21.9 Å². The lowest BCUT2D eigenvalue weighted by molar-refractivity contribution is -0.102. The zero-order chi connectivity index (χ0) is 17.4. The first kappa shape index (κ1) is 15.2. The number of carbonyl (C=O) groups excluding carboxylic acids is 2. The van der Waals surface area contributed by atoms with Crippen LogP contribution in [0.4, 0.5) is 4.39 Å². The van der Waals surface area contributed by atoms with Gasteiger partial charge in [-0.15, -0.1) is 5.06 Å². The van der Waals surface area contributed by atoms with Crippen LogP contribution < -0.4 is 0 Å². The smallest absolute Gasteiger partial charge is 0.285 e. The quantitative estimate of drug-likeness (QED) is 0.683. The first-order valence-corrected chi connectivity index (χ1v) is 7.44. The van der Waals surface area contributed by atoms with Crippen LogP contribution in [0, 0.1) is 5.82 Å². The summed E-state index contributed by atoms with van der Waals surface area (Å²) < 4.78 is 18.5. The predicted molar refractivity (Wildman–Crippen MR) is 83.6 cm³/mol. The zero-order valence-electron chi connectivity index (χ0n) is 12.8. The maximum absolute atomic E-state index is 13.3. The standard InChI is InChI=1S/C18H11FN2O4/c19-12-5-3-4-11(8-12)16-20-13(9-24-16)10-25-21-17(22)14-6-1-2-7-15(14)18(21)23/h1-9H,10H2. The molecule has 0 bridgehead atoms. The fourth-order valence-corrected chi connectivity index (χ4v) is 2.54. The normalized spacial score (nSPS) is 13.4. The Kier molecular flexibility index (Phi) is 3.62. The van der Waals surface area contributed by atoms with Crippen LogP contribution >= 0.6 is 0 Å². The Labute approximate surface area is 141 Å². The molecule has 2 amide bonds. The van der Waals surface area contributed by atoms with Gasteiger partial charge < -0.3 is 4.42 Å². The monoisotopic (exact) mass is 338 g/mol. The molecule has 0 atom stereocenters. The molecule has 25 heavy (non-hydrogen) atoms. The van der Waals surface area contributed by atoms with Crippen molar-refractivity contribution >= 4 is 11.8 Å². The van der Waals surface area contributed by atoms with Crippen molar-refractivity contribution in [3.8, 4) is 11.5 Å². The van der Waals surface area contributed by atoms with Crippen molar-refractivity contribution in [2.45, 2.75) is 6.61 Å². The maximum Gasteiger partial charge on any atom is 0.285 e. The predicted octanol–water partition coefficient (Wildman–Crippen LogP) is 3.21. The van der Waals surface area contributed by atoms with Crippen LogP contribution in [0.1, 0.15) is 26.4 Å². The number of hydroxylamine groups is 2. The molecule has 0 fully saturated rings. The molecule has 0 radical (unpaired) electrons. The Morgan fingerprint density at radius 1 is 1.04 bits per heavy atom. The molecule has 0 saturated carbocycles. The summed E-state index contributed by atoms with van der Waals surface area (Å²) in [4.78, 5) is 33.9. The summed E-state index contributed by atoms with van der Waals surface area (Å²) in [5, 5.41) is 0.710. The average molecular weight is 338 g/mol. The van der Waals surface area contributed by atoms with Gasteiger partial charge in [-0.2, -0.15) is 0 Å². The fraction of sp³-hybridized carbons (Fsp3) is 0.0556. The van der Waals surface area contributed by atoms with E-state index in [-0.39, 0.29) is 12.5 Å². The minimum atomic E-state index is -0.519. The third-order valence-electron chi connectivity index (χ3n) is 3.72. The van der Waals surface area contributed by atoms with E-state index in [2.05, 4.69) is 4.98 Å². The minimum Gasteiger partial charge on any atom is -0.444 e. The van der Waals surface area contributed by atoms with Crippen molar-refractivity contribution in [1.29, 1.82) is 0 Å². The second-order valence-electron chi connectivity index (χ2n) is 5.38. The SMILES string of the molecule is O=C1c2ccccc2C(=O)N1OCc1coc(-c2cccc(F)c2)n1. The van der Waals surface area contributed by atoms with E-state index >= 15 is 0 Å². The van der Waals surface area contributed by atoms with Gasteiger partial charge in [0.05, 0.1) is 11.1 Å². The van der Waals surface area contributed by atoms with Gasteiger partial charge in [-0.1, -0.05) is 18.2 Å². The first-order chi connectivity index (χ1) is 12.1. The molecule has 3 aromatic rings. The van der Waals surface area contributed by atoms with Gasteiger partial charge in [0.2, 0.25) is 5.89 Å². The van der Waals surface area contributed by atoms with Gasteiger partial charge in [-0.3, -0.25) is 14.4 Å². The minimum absolute atomic E-state index is 0.135. The number of rotatable bonds is 4. The molecule has 0 aliphatic carbocycles. The molecule has 0 spiro atoms. The molecule has 4 rings (SSSR count). The van der Waals surface area contributed by atoms with E-state index in [0.29, 0.717) is 27.4 Å². The highest BCUT2D eigenvalue weighted by molar-refractivity contribution is 6.20. The third-order valence-corrected chi connectivity index (χ3v) is 3.72. The number of halogens is 1. The van der Waals surface area contributed by atoms with Gasteiger partial charge in [0.1, 0.15) is 24.4 Å². The molecule has 2 aromatic carbocycles. The van der Waals surface area contributed by atoms with Crippen molar-refractivity contribution in [2.24, 2.45) is 0 Å². The van der Waals surface area contributed by atoms with E-state index in [4.69, 9.17) is 9.25 Å². The van der Waals surface area contributed by atoms with E-state index in [1.165, 1.54) is 18.4 Å². The summed E-state index contributed by atoms with van der Waals surface area (Å²) in [5.74, 6) is -1.22. The molecular formula is C18H11FN2O4. The first-order valence-electron chi connectivity index (χ1n) is 7.44. The van der Waals surface area contributed by atoms with E-state index in [1.54, 1.807) is 36.4 Å². The summed E-state index contributed by atoms with van der Waals surface area (Å²) in [6.07, 6.45) is 1.33. The molecule has 1 aliphatic rings. The Morgan fingerprint density at radius 3 is 2.44 bits per heavy atom. The van der Waals surface area contributed by atoms with Crippen molar-refractivity contribution in [3.63, 3.8) is 0 Å². The second-order valence-corrected chi connectivity index (χ2v) is 5.38. The number of nitrogens with zero attached hydrogens (tertiary/aromatic N) is 2. The number of imide groups is 1. The van der Waals surface area contributed by atoms with Crippen molar-refractivity contribution < 1.29 is 23.2 Å². The molecule has 7 heteroatoms. The Hall–Kier alpha value is -3.32. The number of amides is 2. The molecule has 0 N–H and O–H groups in total. The maximum atomic E-state index is 13.3. The molecule has 2 heterocycles. The van der Waals surface area contributed by atoms with Gasteiger partial charge in [-0.25, -0.2) is 9.37 Å². The van der Waals surface area contributed by atoms with Gasteiger partial charge in [0.25, 0.3) is 11.8 Å². The number of hydrogen-bond donors (Lipinski definition) is 0. The Bertz CT molecular complexity index is 947. The summed E-state index contributed by atoms with van der Waals surface area (Å²) >= 11 is 0. The van der Waals surface area contributed by atoms with Gasteiger partial charge in [0.15, 0.2) is 0 Å². The lowest BCUT2D eigenvalue weighted by atomic mass is 10.1. The van der Waals surface area contributed by atoms with Crippen LogP contribution in [0.2, 0.25) is 0 Å². The van der Waals surface area contributed by atoms with E-state index in [0.717, 1.165) is 0 Å². The largest absolute Gasteiger partial charge is 0.444 e. The zero-order valence-corrected chi connectivity index (χ0v) is 12.8. The Balaban J connectivity index is 1.48. The van der Waals surface area contributed by atoms with E-state index < -0.39 is 17.6 Å². The average Bonchev–Trinajstić information content (AvgIpc) is 3.18. The summed E-state index contributed by atoms with van der Waals surface area (Å²) in [5.41, 5.74) is 1.45. The number of hydrogen-bond acceptors (Lipinski definition) is 5. The highest BCUT2D eigenvalue weighted by Gasteiger charge is 2.36. The van der Waals surface area contributed by atoms with Crippen molar-refractivity contribution in [3.05, 3.63) is 77.4 Å². The number of fused-ring (bicyclic) bond motifs is 1. The van der Waals surface area contributed by atoms with Crippen LogP contribution in [0.3, 0.4) is 0 Å². The summed E-state index contributed by atoms with van der Waals surface area (Å²) in [6, 6.07) is 12.3. The number of carbonyl (C=O) groups is 2. The molecule has 0 saturated heterocycles. The van der Waals surface area contributed by atoms with Crippen LogP contribution in [-0.2, 0) is 11.4 Å². The molecule has 1 aliphatic heterocycles. The number of benzene rings is 2. The van der Waals surface area contributed by atoms with Crippen LogP contribution in [0.25, 0.3) is 11.5 Å². The summed E-state index contributed by atoms with van der Waals surface area (Å²) in [6.45, 7) is -0.135. The van der Waals surface area contributed by atoms with Crippen molar-refractivity contribution in [1.82, 2.24) is 10.0 Å². The van der Waals surface area contributed by atoms with Gasteiger partial charge >= 0.3 is 0 Å². The highest BCUT2D eigenvalue weighted by Crippen LogP contribution is 2.24. The molecule has 124 valence electrons. The summed E-state index contributed by atoms with van der Waals surface area (Å²) in [7, 11) is 0. The third kappa shape index (κ3) is 2.70.